The minimum atomic E-state index is -0.386. The molecule has 0 aliphatic carbocycles. The number of allylic oxidation sites excluding steroid dienone is 1. The van der Waals surface area contributed by atoms with E-state index in [1.807, 2.05) is 23.6 Å². The quantitative estimate of drug-likeness (QED) is 0.332. The van der Waals surface area contributed by atoms with Crippen molar-refractivity contribution in [2.24, 2.45) is 0 Å². The molecule has 0 aliphatic heterocycles. The molecule has 8 heteroatoms. The van der Waals surface area contributed by atoms with E-state index in [2.05, 4.69) is 34.2 Å². The second-order valence-electron chi connectivity index (χ2n) is 7.30. The average Bonchev–Trinajstić information content (AvgIpc) is 3.17. The fraction of sp³-hybridized carbons (Fsp3) is 0.292. The fourth-order valence-corrected chi connectivity index (χ4v) is 3.98. The number of thioether (sulfide) groups is 1. The third-order valence-electron chi connectivity index (χ3n) is 4.94. The van der Waals surface area contributed by atoms with Gasteiger partial charge in [0.05, 0.1) is 12.9 Å². The molecule has 1 N–H and O–H groups in total. The number of ether oxygens (including phenoxy) is 1. The number of halogens is 1. The Bertz CT molecular complexity index is 1070. The molecule has 0 saturated heterocycles. The van der Waals surface area contributed by atoms with Crippen molar-refractivity contribution in [3.05, 3.63) is 77.9 Å². The number of carbonyl (C=O) groups excluding carboxylic acids is 1. The van der Waals surface area contributed by atoms with E-state index in [9.17, 15) is 9.18 Å². The summed E-state index contributed by atoms with van der Waals surface area (Å²) < 4.78 is 20.6. The highest BCUT2D eigenvalue weighted by atomic mass is 32.2. The Labute approximate surface area is 191 Å². The SMILES string of the molecule is C=CCn1c(CCCc2ccc(OC)cc2)nnc1SCC(=O)Nc1cc(F)ccc1C. The Morgan fingerprint density at radius 3 is 2.72 bits per heavy atom. The van der Waals surface area contributed by atoms with Gasteiger partial charge in [0.15, 0.2) is 5.16 Å². The summed E-state index contributed by atoms with van der Waals surface area (Å²) in [4.78, 5) is 12.4. The molecule has 1 heterocycles. The second kappa shape index (κ2) is 11.5. The first kappa shape index (κ1) is 23.5. The van der Waals surface area contributed by atoms with Gasteiger partial charge in [-0.1, -0.05) is 36.0 Å². The molecule has 32 heavy (non-hydrogen) atoms. The van der Waals surface area contributed by atoms with Gasteiger partial charge in [0.1, 0.15) is 17.4 Å². The number of carbonyl (C=O) groups is 1. The second-order valence-corrected chi connectivity index (χ2v) is 8.24. The molecule has 1 aromatic heterocycles. The summed E-state index contributed by atoms with van der Waals surface area (Å²) in [6.45, 7) is 6.21. The van der Waals surface area contributed by atoms with Crippen molar-refractivity contribution >= 4 is 23.4 Å². The van der Waals surface area contributed by atoms with Crippen molar-refractivity contribution in [3.63, 3.8) is 0 Å². The van der Waals surface area contributed by atoms with Crippen LogP contribution in [0.15, 0.2) is 60.3 Å². The first-order chi connectivity index (χ1) is 15.5. The Hall–Kier alpha value is -3.13. The van der Waals surface area contributed by atoms with Crippen molar-refractivity contribution in [1.82, 2.24) is 14.8 Å². The van der Waals surface area contributed by atoms with E-state index < -0.39 is 0 Å². The van der Waals surface area contributed by atoms with Crippen LogP contribution in [0.4, 0.5) is 10.1 Å². The van der Waals surface area contributed by atoms with Gasteiger partial charge in [-0.25, -0.2) is 4.39 Å². The van der Waals surface area contributed by atoms with E-state index in [4.69, 9.17) is 4.74 Å². The minimum absolute atomic E-state index is 0.150. The number of nitrogens with zero attached hydrogens (tertiary/aromatic N) is 3. The Balaban J connectivity index is 1.56. The highest BCUT2D eigenvalue weighted by Crippen LogP contribution is 2.21. The largest absolute Gasteiger partial charge is 0.497 e. The number of rotatable bonds is 11. The number of anilines is 1. The lowest BCUT2D eigenvalue weighted by atomic mass is 10.1. The topological polar surface area (TPSA) is 69.0 Å². The van der Waals surface area contributed by atoms with Gasteiger partial charge in [-0.15, -0.1) is 16.8 Å². The van der Waals surface area contributed by atoms with Crippen LogP contribution in [0.2, 0.25) is 0 Å². The van der Waals surface area contributed by atoms with Crippen LogP contribution in [0.1, 0.15) is 23.4 Å². The maximum atomic E-state index is 13.4. The van der Waals surface area contributed by atoms with Gasteiger partial charge in [0.25, 0.3) is 0 Å². The van der Waals surface area contributed by atoms with Crippen LogP contribution in [0.3, 0.4) is 0 Å². The average molecular weight is 455 g/mol. The number of methoxy groups -OCH3 is 1. The monoisotopic (exact) mass is 454 g/mol. The number of benzene rings is 2. The lowest BCUT2D eigenvalue weighted by Crippen LogP contribution is -2.15. The van der Waals surface area contributed by atoms with Gasteiger partial charge in [-0.2, -0.15) is 0 Å². The van der Waals surface area contributed by atoms with Gasteiger partial charge in [-0.3, -0.25) is 4.79 Å². The first-order valence-electron chi connectivity index (χ1n) is 10.3. The summed E-state index contributed by atoms with van der Waals surface area (Å²) in [6.07, 6.45) is 4.40. The van der Waals surface area contributed by atoms with E-state index in [-0.39, 0.29) is 17.5 Å². The standard InChI is InChI=1S/C24H27FN4O2S/c1-4-14-29-22(7-5-6-18-9-12-20(31-3)13-10-18)27-28-24(29)32-16-23(30)26-21-15-19(25)11-8-17(21)2/h4,8-13,15H,1,5-7,14,16H2,2-3H3,(H,26,30). The molecule has 6 nitrogen and oxygen atoms in total. The molecule has 1 amide bonds. The van der Waals surface area contributed by atoms with Crippen LogP contribution < -0.4 is 10.1 Å². The molecule has 0 radical (unpaired) electrons. The van der Waals surface area contributed by atoms with Crippen LogP contribution in [-0.4, -0.2) is 33.5 Å². The van der Waals surface area contributed by atoms with Gasteiger partial charge in [0.2, 0.25) is 5.91 Å². The maximum Gasteiger partial charge on any atom is 0.234 e. The third-order valence-corrected chi connectivity index (χ3v) is 5.90. The predicted molar refractivity (Wildman–Crippen MR) is 126 cm³/mol. The summed E-state index contributed by atoms with van der Waals surface area (Å²) in [6, 6.07) is 12.4. The molecule has 3 aromatic rings. The number of aryl methyl sites for hydroxylation is 3. The van der Waals surface area contributed by atoms with Crippen molar-refractivity contribution in [2.75, 3.05) is 18.2 Å². The minimum Gasteiger partial charge on any atom is -0.497 e. The molecule has 0 saturated carbocycles. The third kappa shape index (κ3) is 6.43. The van der Waals surface area contributed by atoms with Gasteiger partial charge in [-0.05, 0) is 55.2 Å². The van der Waals surface area contributed by atoms with Crippen molar-refractivity contribution in [3.8, 4) is 5.75 Å². The highest BCUT2D eigenvalue weighted by molar-refractivity contribution is 7.99. The van der Waals surface area contributed by atoms with Crippen molar-refractivity contribution in [2.45, 2.75) is 37.9 Å². The summed E-state index contributed by atoms with van der Waals surface area (Å²) in [5.74, 6) is 1.25. The number of nitrogens with one attached hydrogen (secondary N) is 1. The number of aromatic nitrogens is 3. The Kier molecular flexibility index (Phi) is 8.44. The molecule has 168 valence electrons. The highest BCUT2D eigenvalue weighted by Gasteiger charge is 2.14. The molecule has 0 unspecified atom stereocenters. The van der Waals surface area contributed by atoms with E-state index in [1.165, 1.54) is 29.5 Å². The molecular formula is C24H27FN4O2S. The van der Waals surface area contributed by atoms with E-state index >= 15 is 0 Å². The molecule has 0 bridgehead atoms. The fourth-order valence-electron chi connectivity index (χ4n) is 3.21. The van der Waals surface area contributed by atoms with E-state index in [0.29, 0.717) is 17.4 Å². The number of hydrogen-bond acceptors (Lipinski definition) is 5. The summed E-state index contributed by atoms with van der Waals surface area (Å²) in [5.41, 5.74) is 2.51. The summed E-state index contributed by atoms with van der Waals surface area (Å²) in [5, 5.41) is 12.0. The van der Waals surface area contributed by atoms with E-state index in [0.717, 1.165) is 36.4 Å². The molecule has 2 aromatic carbocycles. The zero-order valence-corrected chi connectivity index (χ0v) is 19.1. The summed E-state index contributed by atoms with van der Waals surface area (Å²) in [7, 11) is 1.66. The number of amides is 1. The maximum absolute atomic E-state index is 13.4. The molecule has 0 atom stereocenters. The van der Waals surface area contributed by atoms with Crippen LogP contribution in [0.5, 0.6) is 5.75 Å². The first-order valence-corrected chi connectivity index (χ1v) is 11.3. The molecular weight excluding hydrogens is 427 g/mol. The molecule has 0 aliphatic rings. The lowest BCUT2D eigenvalue weighted by molar-refractivity contribution is -0.113. The normalized spacial score (nSPS) is 10.7. The molecule has 0 fully saturated rings. The van der Waals surface area contributed by atoms with Gasteiger partial charge >= 0.3 is 0 Å². The van der Waals surface area contributed by atoms with Crippen LogP contribution >= 0.6 is 11.8 Å². The summed E-state index contributed by atoms with van der Waals surface area (Å²) >= 11 is 1.30. The van der Waals surface area contributed by atoms with Crippen LogP contribution in [-0.2, 0) is 24.2 Å². The molecule has 3 rings (SSSR count). The van der Waals surface area contributed by atoms with Gasteiger partial charge < -0.3 is 14.6 Å². The smallest absolute Gasteiger partial charge is 0.234 e. The van der Waals surface area contributed by atoms with Crippen molar-refractivity contribution < 1.29 is 13.9 Å². The van der Waals surface area contributed by atoms with E-state index in [1.54, 1.807) is 19.3 Å². The zero-order chi connectivity index (χ0) is 22.9. The van der Waals surface area contributed by atoms with Crippen LogP contribution in [0, 0.1) is 12.7 Å². The Morgan fingerprint density at radius 1 is 1.22 bits per heavy atom. The molecule has 0 spiro atoms. The lowest BCUT2D eigenvalue weighted by Gasteiger charge is -2.10. The Morgan fingerprint density at radius 2 is 2.00 bits per heavy atom. The number of hydrogen-bond donors (Lipinski definition) is 1. The van der Waals surface area contributed by atoms with Crippen molar-refractivity contribution in [1.29, 1.82) is 0 Å². The zero-order valence-electron chi connectivity index (χ0n) is 18.3. The predicted octanol–water partition coefficient (Wildman–Crippen LogP) is 4.83. The van der Waals surface area contributed by atoms with Crippen LogP contribution in [0.25, 0.3) is 0 Å². The van der Waals surface area contributed by atoms with Gasteiger partial charge in [0, 0.05) is 18.7 Å².